The number of carbonyl (C=O) groups is 2. The van der Waals surface area contributed by atoms with E-state index in [0.717, 1.165) is 0 Å². The molecule has 0 bridgehead atoms. The number of halogens is 2. The van der Waals surface area contributed by atoms with Crippen molar-refractivity contribution in [2.75, 3.05) is 6.61 Å². The third kappa shape index (κ3) is 2.22. The van der Waals surface area contributed by atoms with Gasteiger partial charge < -0.3 is 9.72 Å². The monoisotopic (exact) mass is 269 g/mol. The molecule has 0 unspecified atom stereocenters. The first-order chi connectivity index (χ1) is 8.50. The summed E-state index contributed by atoms with van der Waals surface area (Å²) < 4.78 is 17.9. The first kappa shape index (κ1) is 12.6. The van der Waals surface area contributed by atoms with Crippen molar-refractivity contribution < 1.29 is 18.7 Å². The lowest BCUT2D eigenvalue weighted by atomic mass is 10.1. The number of ketones is 1. The molecule has 1 aromatic carbocycles. The van der Waals surface area contributed by atoms with Gasteiger partial charge in [0, 0.05) is 29.6 Å². The van der Waals surface area contributed by atoms with Gasteiger partial charge in [-0.3, -0.25) is 9.59 Å². The van der Waals surface area contributed by atoms with Crippen molar-refractivity contribution in [1.29, 1.82) is 0 Å². The topological polar surface area (TPSA) is 59.2 Å². The number of Topliss-reactive ketones (excluding diaryl/α,β-unsaturated/α-hetero) is 1. The summed E-state index contributed by atoms with van der Waals surface area (Å²) in [7, 11) is 0. The molecule has 2 aromatic rings. The summed E-state index contributed by atoms with van der Waals surface area (Å²) in [5.74, 6) is -1.60. The Morgan fingerprint density at radius 2 is 2.17 bits per heavy atom. The van der Waals surface area contributed by atoms with Crippen molar-refractivity contribution in [2.24, 2.45) is 0 Å². The van der Waals surface area contributed by atoms with Crippen molar-refractivity contribution in [1.82, 2.24) is 4.98 Å². The van der Waals surface area contributed by atoms with Gasteiger partial charge in [-0.05, 0) is 12.1 Å². The first-order valence-electron chi connectivity index (χ1n) is 5.12. The second-order valence-electron chi connectivity index (χ2n) is 3.69. The number of nitrogens with one attached hydrogen (secondary N) is 1. The van der Waals surface area contributed by atoms with Crippen LogP contribution < -0.4 is 0 Å². The summed E-state index contributed by atoms with van der Waals surface area (Å²) in [5, 5.41) is 0.175. The molecule has 0 spiro atoms. The Balaban J connectivity index is 2.42. The van der Waals surface area contributed by atoms with Crippen LogP contribution in [0.4, 0.5) is 4.39 Å². The summed E-state index contributed by atoms with van der Waals surface area (Å²) in [6, 6.07) is 2.70. The van der Waals surface area contributed by atoms with E-state index in [4.69, 9.17) is 11.6 Å². The number of aromatic amines is 1. The summed E-state index contributed by atoms with van der Waals surface area (Å²) >= 11 is 5.82. The Morgan fingerprint density at radius 3 is 2.83 bits per heavy atom. The normalized spacial score (nSPS) is 10.6. The molecule has 1 N–H and O–H groups in total. The molecule has 1 heterocycles. The molecule has 18 heavy (non-hydrogen) atoms. The number of ether oxygens (including phenoxy) is 1. The van der Waals surface area contributed by atoms with E-state index in [1.165, 1.54) is 25.3 Å². The van der Waals surface area contributed by atoms with E-state index in [2.05, 4.69) is 9.72 Å². The number of rotatable bonds is 3. The lowest BCUT2D eigenvalue weighted by molar-refractivity contribution is -0.139. The van der Waals surface area contributed by atoms with Crippen LogP contribution in [0.1, 0.15) is 17.3 Å². The fourth-order valence-corrected chi connectivity index (χ4v) is 1.89. The number of aromatic nitrogens is 1. The molecule has 0 amide bonds. The second-order valence-corrected chi connectivity index (χ2v) is 4.07. The SMILES string of the molecule is CC(=O)OCC(=O)c1c[nH]c2ccc(F)c(Cl)c12. The van der Waals surface area contributed by atoms with Gasteiger partial charge in [0.1, 0.15) is 5.82 Å². The van der Waals surface area contributed by atoms with Gasteiger partial charge >= 0.3 is 5.97 Å². The van der Waals surface area contributed by atoms with Gasteiger partial charge in [-0.25, -0.2) is 4.39 Å². The van der Waals surface area contributed by atoms with Gasteiger partial charge in [-0.1, -0.05) is 11.6 Å². The molecule has 94 valence electrons. The lowest BCUT2D eigenvalue weighted by Crippen LogP contribution is -2.11. The second kappa shape index (κ2) is 4.78. The molecule has 0 atom stereocenters. The zero-order valence-corrected chi connectivity index (χ0v) is 10.2. The van der Waals surface area contributed by atoms with Crippen LogP contribution in [0.3, 0.4) is 0 Å². The minimum atomic E-state index is -0.606. The maximum absolute atomic E-state index is 13.3. The van der Waals surface area contributed by atoms with Gasteiger partial charge in [-0.15, -0.1) is 0 Å². The van der Waals surface area contributed by atoms with Gasteiger partial charge in [0.05, 0.1) is 5.02 Å². The highest BCUT2D eigenvalue weighted by atomic mass is 35.5. The fraction of sp³-hybridized carbons (Fsp3) is 0.167. The first-order valence-corrected chi connectivity index (χ1v) is 5.50. The van der Waals surface area contributed by atoms with Crippen LogP contribution in [0.5, 0.6) is 0 Å². The zero-order chi connectivity index (χ0) is 13.3. The van der Waals surface area contributed by atoms with Crippen molar-refractivity contribution in [2.45, 2.75) is 6.92 Å². The number of benzene rings is 1. The molecule has 4 nitrogen and oxygen atoms in total. The van der Waals surface area contributed by atoms with Crippen LogP contribution >= 0.6 is 11.6 Å². The van der Waals surface area contributed by atoms with Gasteiger partial charge in [0.25, 0.3) is 0 Å². The standard InChI is InChI=1S/C12H9ClFNO3/c1-6(16)18-5-10(17)7-4-15-9-3-2-8(14)12(13)11(7)9/h2-4,15H,5H2,1H3. The fourth-order valence-electron chi connectivity index (χ4n) is 1.62. The minimum absolute atomic E-state index is 0.125. The number of esters is 1. The van der Waals surface area contributed by atoms with Crippen molar-refractivity contribution in [3.05, 3.63) is 34.7 Å². The Labute approximate surface area is 107 Å². The molecule has 2 rings (SSSR count). The van der Waals surface area contributed by atoms with E-state index >= 15 is 0 Å². The molecular weight excluding hydrogens is 261 g/mol. The van der Waals surface area contributed by atoms with Crippen LogP contribution in [0, 0.1) is 5.82 Å². The third-order valence-electron chi connectivity index (χ3n) is 2.44. The minimum Gasteiger partial charge on any atom is -0.457 e. The van der Waals surface area contributed by atoms with Gasteiger partial charge in [0.2, 0.25) is 5.78 Å². The largest absolute Gasteiger partial charge is 0.457 e. The number of fused-ring (bicyclic) bond motifs is 1. The van der Waals surface area contributed by atoms with E-state index in [1.54, 1.807) is 0 Å². The number of hydrogen-bond donors (Lipinski definition) is 1. The molecule has 1 aromatic heterocycles. The summed E-state index contributed by atoms with van der Waals surface area (Å²) in [6.45, 7) is 0.810. The smallest absolute Gasteiger partial charge is 0.303 e. The molecule has 0 radical (unpaired) electrons. The van der Waals surface area contributed by atoms with Crippen molar-refractivity contribution >= 4 is 34.3 Å². The quantitative estimate of drug-likeness (QED) is 0.688. The van der Waals surface area contributed by atoms with Crippen LogP contribution in [0.15, 0.2) is 18.3 Å². The predicted octanol–water partition coefficient (Wildman–Crippen LogP) is 2.71. The molecule has 0 saturated heterocycles. The molecule has 0 fully saturated rings. The van der Waals surface area contributed by atoms with Crippen molar-refractivity contribution in [3.63, 3.8) is 0 Å². The van der Waals surface area contributed by atoms with Gasteiger partial charge in [-0.2, -0.15) is 0 Å². The maximum atomic E-state index is 13.3. The molecular formula is C12H9ClFNO3. The average molecular weight is 270 g/mol. The zero-order valence-electron chi connectivity index (χ0n) is 9.42. The number of H-pyrrole nitrogens is 1. The Kier molecular flexibility index (Phi) is 3.34. The molecule has 6 heteroatoms. The summed E-state index contributed by atoms with van der Waals surface area (Å²) in [5.41, 5.74) is 0.753. The van der Waals surface area contributed by atoms with Crippen molar-refractivity contribution in [3.8, 4) is 0 Å². The predicted molar refractivity (Wildman–Crippen MR) is 64.2 cm³/mol. The highest BCUT2D eigenvalue weighted by Gasteiger charge is 2.17. The molecule has 0 aliphatic heterocycles. The highest BCUT2D eigenvalue weighted by molar-refractivity contribution is 6.37. The van der Waals surface area contributed by atoms with E-state index < -0.39 is 24.2 Å². The Morgan fingerprint density at radius 1 is 1.44 bits per heavy atom. The van der Waals surface area contributed by atoms with Crippen LogP contribution in [-0.2, 0) is 9.53 Å². The average Bonchev–Trinajstić information content (AvgIpc) is 2.75. The van der Waals surface area contributed by atoms with E-state index in [-0.39, 0.29) is 10.6 Å². The Bertz CT molecular complexity index is 636. The summed E-state index contributed by atoms with van der Waals surface area (Å²) in [6.07, 6.45) is 1.42. The lowest BCUT2D eigenvalue weighted by Gasteiger charge is -2.02. The van der Waals surface area contributed by atoms with E-state index in [9.17, 15) is 14.0 Å². The molecule has 0 saturated carbocycles. The van der Waals surface area contributed by atoms with Crippen LogP contribution in [0.25, 0.3) is 10.9 Å². The van der Waals surface area contributed by atoms with E-state index in [0.29, 0.717) is 10.9 Å². The third-order valence-corrected chi connectivity index (χ3v) is 2.81. The highest BCUT2D eigenvalue weighted by Crippen LogP contribution is 2.29. The molecule has 0 aliphatic rings. The Hall–Kier alpha value is -1.88. The van der Waals surface area contributed by atoms with Crippen LogP contribution in [0.2, 0.25) is 5.02 Å². The van der Waals surface area contributed by atoms with Gasteiger partial charge in [0.15, 0.2) is 6.61 Å². The summed E-state index contributed by atoms with van der Waals surface area (Å²) in [4.78, 5) is 25.3. The molecule has 0 aliphatic carbocycles. The number of hydrogen-bond acceptors (Lipinski definition) is 3. The van der Waals surface area contributed by atoms with E-state index in [1.807, 2.05) is 0 Å². The maximum Gasteiger partial charge on any atom is 0.303 e. The number of carbonyl (C=O) groups excluding carboxylic acids is 2. The van der Waals surface area contributed by atoms with Crippen LogP contribution in [-0.4, -0.2) is 23.3 Å².